The molecule has 2 heterocycles. The third-order valence-electron chi connectivity index (χ3n) is 4.00. The van der Waals surface area contributed by atoms with Crippen LogP contribution in [-0.2, 0) is 17.8 Å². The highest BCUT2D eigenvalue weighted by Gasteiger charge is 2.17. The van der Waals surface area contributed by atoms with E-state index in [9.17, 15) is 4.79 Å². The normalized spacial score (nSPS) is 15.4. The van der Waals surface area contributed by atoms with Crippen LogP contribution in [0.2, 0.25) is 5.02 Å². The van der Waals surface area contributed by atoms with E-state index in [0.29, 0.717) is 17.3 Å². The van der Waals surface area contributed by atoms with Gasteiger partial charge in [0.1, 0.15) is 5.69 Å². The maximum Gasteiger partial charge on any atom is 0.275 e. The number of aryl methyl sites for hydroxylation is 1. The van der Waals surface area contributed by atoms with Crippen LogP contribution in [0.25, 0.3) is 0 Å². The maximum absolute atomic E-state index is 12.5. The van der Waals surface area contributed by atoms with Gasteiger partial charge in [-0.2, -0.15) is 5.10 Å². The van der Waals surface area contributed by atoms with Gasteiger partial charge in [-0.3, -0.25) is 14.4 Å². The summed E-state index contributed by atoms with van der Waals surface area (Å²) in [5.74, 6) is -0.247. The number of morpholine rings is 1. The van der Waals surface area contributed by atoms with Crippen molar-refractivity contribution < 1.29 is 9.53 Å². The molecule has 6 nitrogen and oxygen atoms in total. The Kier molecular flexibility index (Phi) is 5.50. The number of rotatable bonds is 5. The zero-order valence-corrected chi connectivity index (χ0v) is 14.4. The summed E-state index contributed by atoms with van der Waals surface area (Å²) in [5, 5.41) is 7.37. The van der Waals surface area contributed by atoms with Crippen LogP contribution in [0.15, 0.2) is 30.5 Å². The van der Waals surface area contributed by atoms with Gasteiger partial charge in [-0.25, -0.2) is 0 Å². The highest BCUT2D eigenvalue weighted by molar-refractivity contribution is 6.34. The van der Waals surface area contributed by atoms with Crippen molar-refractivity contribution in [2.45, 2.75) is 20.0 Å². The lowest BCUT2D eigenvalue weighted by molar-refractivity contribution is 0.0342. The molecule has 0 spiro atoms. The third kappa shape index (κ3) is 3.95. The summed E-state index contributed by atoms with van der Waals surface area (Å²) >= 11 is 6.08. The molecule has 1 aliphatic heterocycles. The Morgan fingerprint density at radius 2 is 2.17 bits per heavy atom. The molecule has 0 atom stereocenters. The summed E-state index contributed by atoms with van der Waals surface area (Å²) in [4.78, 5) is 14.8. The predicted octanol–water partition coefficient (Wildman–Crippen LogP) is 2.64. The summed E-state index contributed by atoms with van der Waals surface area (Å²) in [7, 11) is 0. The van der Waals surface area contributed by atoms with Gasteiger partial charge in [0.2, 0.25) is 0 Å². The molecule has 24 heavy (non-hydrogen) atoms. The first kappa shape index (κ1) is 17.0. The average molecular weight is 349 g/mol. The average Bonchev–Trinajstić information content (AvgIpc) is 2.97. The minimum atomic E-state index is -0.247. The molecule has 0 unspecified atom stereocenters. The lowest BCUT2D eigenvalue weighted by Crippen LogP contribution is -2.35. The van der Waals surface area contributed by atoms with Gasteiger partial charge in [-0.05, 0) is 24.6 Å². The first-order chi connectivity index (χ1) is 11.7. The van der Waals surface area contributed by atoms with Crippen LogP contribution in [0.5, 0.6) is 0 Å². The minimum absolute atomic E-state index is 0.247. The summed E-state index contributed by atoms with van der Waals surface area (Å²) in [5.41, 5.74) is 2.30. The molecule has 2 aromatic rings. The Morgan fingerprint density at radius 1 is 1.38 bits per heavy atom. The Morgan fingerprint density at radius 3 is 2.92 bits per heavy atom. The van der Waals surface area contributed by atoms with Crippen LogP contribution < -0.4 is 5.32 Å². The molecule has 0 radical (unpaired) electrons. The second-order valence-electron chi connectivity index (χ2n) is 5.70. The molecule has 128 valence electrons. The second kappa shape index (κ2) is 7.79. The summed E-state index contributed by atoms with van der Waals surface area (Å²) < 4.78 is 6.96. The highest BCUT2D eigenvalue weighted by Crippen LogP contribution is 2.19. The van der Waals surface area contributed by atoms with Gasteiger partial charge in [0.25, 0.3) is 5.91 Å². The molecule has 1 aliphatic rings. The van der Waals surface area contributed by atoms with Crippen LogP contribution in [-0.4, -0.2) is 46.9 Å². The zero-order chi connectivity index (χ0) is 16.9. The number of aromatic nitrogens is 2. The molecule has 1 saturated heterocycles. The summed E-state index contributed by atoms with van der Waals surface area (Å²) in [6.07, 6.45) is 1.49. The first-order valence-corrected chi connectivity index (χ1v) is 8.47. The molecule has 7 heteroatoms. The number of nitrogens with one attached hydrogen (secondary N) is 1. The Balaban J connectivity index is 1.69. The fourth-order valence-corrected chi connectivity index (χ4v) is 3.01. The van der Waals surface area contributed by atoms with E-state index in [2.05, 4.69) is 21.4 Å². The molecule has 0 saturated carbocycles. The number of anilines is 1. The van der Waals surface area contributed by atoms with E-state index in [1.165, 1.54) is 6.20 Å². The smallest absolute Gasteiger partial charge is 0.275 e. The van der Waals surface area contributed by atoms with Crippen molar-refractivity contribution in [3.05, 3.63) is 46.7 Å². The maximum atomic E-state index is 12.5. The topological polar surface area (TPSA) is 59.4 Å². The molecule has 1 fully saturated rings. The highest BCUT2D eigenvalue weighted by atomic mass is 35.5. The molecule has 1 aromatic heterocycles. The summed E-state index contributed by atoms with van der Waals surface area (Å²) in [6, 6.07) is 7.88. The van der Waals surface area contributed by atoms with Crippen LogP contribution in [0.3, 0.4) is 0 Å². The molecule has 0 bridgehead atoms. The fraction of sp³-hybridized carbons (Fsp3) is 0.412. The van der Waals surface area contributed by atoms with Gasteiger partial charge in [0.05, 0.1) is 24.4 Å². The molecular weight excluding hydrogens is 328 g/mol. The van der Waals surface area contributed by atoms with E-state index in [4.69, 9.17) is 16.3 Å². The molecule has 1 N–H and O–H groups in total. The van der Waals surface area contributed by atoms with Gasteiger partial charge in [0, 0.05) is 31.9 Å². The van der Waals surface area contributed by atoms with Crippen molar-refractivity contribution in [2.24, 2.45) is 0 Å². The largest absolute Gasteiger partial charge is 0.379 e. The fourth-order valence-electron chi connectivity index (χ4n) is 2.78. The van der Waals surface area contributed by atoms with Crippen molar-refractivity contribution >= 4 is 23.2 Å². The lowest BCUT2D eigenvalue weighted by atomic mass is 10.1. The van der Waals surface area contributed by atoms with E-state index < -0.39 is 0 Å². The predicted molar refractivity (Wildman–Crippen MR) is 93.4 cm³/mol. The van der Waals surface area contributed by atoms with Gasteiger partial charge >= 0.3 is 0 Å². The molecule has 1 aromatic carbocycles. The van der Waals surface area contributed by atoms with Crippen LogP contribution in [0, 0.1) is 0 Å². The number of carbonyl (C=O) groups is 1. The van der Waals surface area contributed by atoms with Gasteiger partial charge < -0.3 is 10.1 Å². The van der Waals surface area contributed by atoms with Crippen LogP contribution >= 0.6 is 11.6 Å². The third-order valence-corrected chi connectivity index (χ3v) is 4.28. The Labute approximate surface area is 146 Å². The van der Waals surface area contributed by atoms with E-state index in [1.807, 2.05) is 25.1 Å². The Hall–Kier alpha value is -1.89. The van der Waals surface area contributed by atoms with Gasteiger partial charge in [-0.1, -0.05) is 23.7 Å². The van der Waals surface area contributed by atoms with Crippen LogP contribution in [0.1, 0.15) is 23.0 Å². The van der Waals surface area contributed by atoms with Crippen LogP contribution in [0.4, 0.5) is 5.69 Å². The number of benzene rings is 1. The van der Waals surface area contributed by atoms with Crippen molar-refractivity contribution in [1.29, 1.82) is 0 Å². The van der Waals surface area contributed by atoms with Crippen molar-refractivity contribution in [3.8, 4) is 0 Å². The summed E-state index contributed by atoms with van der Waals surface area (Å²) in [6.45, 7) is 6.77. The molecule has 1 amide bonds. The number of amides is 1. The van der Waals surface area contributed by atoms with Crippen molar-refractivity contribution in [2.75, 3.05) is 31.6 Å². The standard InChI is InChI=1S/C17H21ClN4O2/c1-2-22-16(15(18)11-19-22)17(23)20-14-5-3-4-13(10-14)12-21-6-8-24-9-7-21/h3-5,10-11H,2,6-9,12H2,1H3,(H,20,23). The van der Waals surface area contributed by atoms with Crippen molar-refractivity contribution in [1.82, 2.24) is 14.7 Å². The first-order valence-electron chi connectivity index (χ1n) is 8.09. The number of hydrogen-bond donors (Lipinski definition) is 1. The second-order valence-corrected chi connectivity index (χ2v) is 6.11. The number of hydrogen-bond acceptors (Lipinski definition) is 4. The quantitative estimate of drug-likeness (QED) is 0.902. The van der Waals surface area contributed by atoms with Crippen molar-refractivity contribution in [3.63, 3.8) is 0 Å². The van der Waals surface area contributed by atoms with E-state index in [-0.39, 0.29) is 5.91 Å². The van der Waals surface area contributed by atoms with Gasteiger partial charge in [-0.15, -0.1) is 0 Å². The molecule has 3 rings (SSSR count). The Bertz CT molecular complexity index is 710. The minimum Gasteiger partial charge on any atom is -0.379 e. The van der Waals surface area contributed by atoms with E-state index in [0.717, 1.165) is 44.1 Å². The van der Waals surface area contributed by atoms with Gasteiger partial charge in [0.15, 0.2) is 0 Å². The monoisotopic (exact) mass is 348 g/mol. The van der Waals surface area contributed by atoms with E-state index >= 15 is 0 Å². The lowest BCUT2D eigenvalue weighted by Gasteiger charge is -2.26. The number of ether oxygens (including phenoxy) is 1. The molecule has 0 aliphatic carbocycles. The zero-order valence-electron chi connectivity index (χ0n) is 13.7. The van der Waals surface area contributed by atoms with E-state index in [1.54, 1.807) is 4.68 Å². The SMILES string of the molecule is CCn1ncc(Cl)c1C(=O)Nc1cccc(CN2CCOCC2)c1. The number of halogens is 1. The number of carbonyl (C=O) groups excluding carboxylic acids is 1. The molecular formula is C17H21ClN4O2. The number of nitrogens with zero attached hydrogens (tertiary/aromatic N) is 3.